The van der Waals surface area contributed by atoms with E-state index in [0.29, 0.717) is 11.3 Å². The smallest absolute Gasteiger partial charge is 0.337 e. The van der Waals surface area contributed by atoms with Crippen LogP contribution in [0.5, 0.6) is 0 Å². The van der Waals surface area contributed by atoms with Gasteiger partial charge in [-0.25, -0.2) is 14.8 Å². The minimum absolute atomic E-state index is 0.127. The second-order valence-electron chi connectivity index (χ2n) is 13.6. The normalized spacial score (nSPS) is 11.8. The highest BCUT2D eigenvalue weighted by molar-refractivity contribution is 6.00. The molecule has 270 valence electrons. The van der Waals surface area contributed by atoms with Crippen molar-refractivity contribution in [3.8, 4) is 44.5 Å². The van der Waals surface area contributed by atoms with Crippen LogP contribution in [0, 0.1) is 0 Å². The Labute approximate surface area is 322 Å². The molecule has 3 aromatic heterocycles. The molecular weight excluding hydrogens is 695 g/mol. The first-order chi connectivity index (χ1) is 27.4. The first-order valence-corrected chi connectivity index (χ1v) is 18.3. The number of fused-ring (bicyclic) bond motifs is 8. The third kappa shape index (κ3) is 6.39. The number of methoxy groups -OCH3 is 1. The summed E-state index contributed by atoms with van der Waals surface area (Å²) in [6.07, 6.45) is 8.23. The zero-order valence-electron chi connectivity index (χ0n) is 30.6. The van der Waals surface area contributed by atoms with Gasteiger partial charge < -0.3 is 20.0 Å². The Morgan fingerprint density at radius 2 is 0.839 bits per heavy atom. The van der Waals surface area contributed by atoms with Gasteiger partial charge in [-0.3, -0.25) is 4.79 Å². The molecule has 0 saturated carbocycles. The number of hydrogen-bond donors (Lipinski definition) is 3. The largest absolute Gasteiger partial charge is 0.465 e. The summed E-state index contributed by atoms with van der Waals surface area (Å²) >= 11 is 0. The van der Waals surface area contributed by atoms with Gasteiger partial charge in [-0.15, -0.1) is 0 Å². The number of anilines is 1. The van der Waals surface area contributed by atoms with E-state index in [9.17, 15) is 9.59 Å². The molecule has 0 spiro atoms. The minimum Gasteiger partial charge on any atom is -0.465 e. The van der Waals surface area contributed by atoms with Crippen LogP contribution in [0.15, 0.2) is 133 Å². The number of rotatable bonds is 6. The molecule has 3 N–H and O–H groups in total. The Bertz CT molecular complexity index is 2850. The fraction of sp³-hybridized carbons (Fsp3) is 0.0417. The summed E-state index contributed by atoms with van der Waals surface area (Å²) in [7, 11) is 1.38. The Hall–Kier alpha value is -7.58. The number of nitrogens with zero attached hydrogens (tertiary/aromatic N) is 2. The Balaban J connectivity index is 1.41. The molecule has 0 fully saturated rings. The number of ether oxygens (including phenoxy) is 1. The molecule has 5 heterocycles. The highest BCUT2D eigenvalue weighted by atomic mass is 16.5. The number of H-pyrrole nitrogens is 2. The highest BCUT2D eigenvalue weighted by Gasteiger charge is 2.19. The summed E-state index contributed by atoms with van der Waals surface area (Å²) in [6.45, 7) is 1.50. The molecule has 0 radical (unpaired) electrons. The van der Waals surface area contributed by atoms with Crippen LogP contribution in [0.25, 0.3) is 90.9 Å². The standard InChI is InChI=1S/C48H35N5O3/c1-29(54)49-35-19-17-33(18-20-35)47-42-27-23-38(52-42)44(30-9-5-3-6-10-30)36-21-25-40(50-36)46(32-13-15-34(16-14-32)48(55)56-2)41-26-22-37(51-41)45(31-11-7-4-8-12-31)39-24-28-43(47)53-39/h3-28,50,53H,1-2H3,(H,49,54). The summed E-state index contributed by atoms with van der Waals surface area (Å²) in [5, 5.41) is 2.88. The summed E-state index contributed by atoms with van der Waals surface area (Å²) in [4.78, 5) is 42.4. The molecule has 0 atom stereocenters. The maximum Gasteiger partial charge on any atom is 0.337 e. The molecule has 7 aromatic rings. The van der Waals surface area contributed by atoms with Gasteiger partial charge in [0.2, 0.25) is 5.91 Å². The van der Waals surface area contributed by atoms with Crippen molar-refractivity contribution in [1.29, 1.82) is 0 Å². The van der Waals surface area contributed by atoms with E-state index < -0.39 is 5.97 Å². The lowest BCUT2D eigenvalue weighted by atomic mass is 10.0. The van der Waals surface area contributed by atoms with E-state index in [1.54, 1.807) is 12.1 Å². The second kappa shape index (κ2) is 14.3. The van der Waals surface area contributed by atoms with Crippen LogP contribution < -0.4 is 5.32 Å². The summed E-state index contributed by atoms with van der Waals surface area (Å²) in [5.41, 5.74) is 15.4. The fourth-order valence-electron chi connectivity index (χ4n) is 7.44. The number of amides is 1. The van der Waals surface area contributed by atoms with Crippen molar-refractivity contribution in [3.05, 3.63) is 162 Å². The van der Waals surface area contributed by atoms with Crippen LogP contribution >= 0.6 is 0 Å². The number of aromatic amines is 2. The van der Waals surface area contributed by atoms with Gasteiger partial charge in [-0.1, -0.05) is 84.9 Å². The quantitative estimate of drug-likeness (QED) is 0.148. The van der Waals surface area contributed by atoms with E-state index in [2.05, 4.69) is 82.0 Å². The molecule has 9 rings (SSSR count). The molecule has 8 nitrogen and oxygen atoms in total. The van der Waals surface area contributed by atoms with Gasteiger partial charge in [0.05, 0.1) is 35.4 Å². The topological polar surface area (TPSA) is 113 Å². The first kappa shape index (κ1) is 34.2. The lowest BCUT2D eigenvalue weighted by Crippen LogP contribution is -2.05. The maximum absolute atomic E-state index is 12.4. The molecule has 2 aliphatic heterocycles. The number of aromatic nitrogens is 4. The molecule has 4 aromatic carbocycles. The number of nitrogens with one attached hydrogen (secondary N) is 3. The second-order valence-corrected chi connectivity index (χ2v) is 13.6. The van der Waals surface area contributed by atoms with Gasteiger partial charge in [-0.05, 0) is 95.1 Å². The van der Waals surface area contributed by atoms with E-state index in [0.717, 1.165) is 89.4 Å². The highest BCUT2D eigenvalue weighted by Crippen LogP contribution is 2.38. The van der Waals surface area contributed by atoms with E-state index >= 15 is 0 Å². The summed E-state index contributed by atoms with van der Waals surface area (Å²) in [5.74, 6) is -0.522. The lowest BCUT2D eigenvalue weighted by Gasteiger charge is -2.08. The molecule has 8 heteroatoms. The number of hydrogen-bond acceptors (Lipinski definition) is 5. The van der Waals surface area contributed by atoms with Crippen molar-refractivity contribution in [2.75, 3.05) is 12.4 Å². The van der Waals surface area contributed by atoms with Crippen molar-refractivity contribution in [1.82, 2.24) is 19.9 Å². The van der Waals surface area contributed by atoms with Gasteiger partial charge in [0.1, 0.15) is 0 Å². The van der Waals surface area contributed by atoms with E-state index in [-0.39, 0.29) is 5.91 Å². The third-order valence-corrected chi connectivity index (χ3v) is 9.97. The number of carbonyl (C=O) groups excluding carboxylic acids is 2. The Morgan fingerprint density at radius 1 is 0.482 bits per heavy atom. The van der Waals surface area contributed by atoms with Gasteiger partial charge in [0.25, 0.3) is 0 Å². The van der Waals surface area contributed by atoms with E-state index in [1.807, 2.05) is 78.9 Å². The SMILES string of the molecule is COC(=O)c1ccc(-c2c3nc(c(-c4ccccc4)c4ccc([nH]4)c(-c4ccc(NC(C)=O)cc4)c4nc(c(-c5ccccc5)c5ccc2[nH]5)C=C4)C=C3)cc1. The summed E-state index contributed by atoms with van der Waals surface area (Å²) < 4.78 is 4.99. The molecule has 1 amide bonds. The van der Waals surface area contributed by atoms with Crippen LogP contribution in [0.2, 0.25) is 0 Å². The summed E-state index contributed by atoms with van der Waals surface area (Å²) in [6, 6.07) is 44.1. The zero-order chi connectivity index (χ0) is 38.2. The molecule has 0 aliphatic carbocycles. The van der Waals surface area contributed by atoms with Gasteiger partial charge in [0, 0.05) is 56.9 Å². The van der Waals surface area contributed by atoms with Crippen LogP contribution in [0.4, 0.5) is 5.69 Å². The maximum atomic E-state index is 12.4. The molecule has 56 heavy (non-hydrogen) atoms. The average molecular weight is 730 g/mol. The fourth-order valence-corrected chi connectivity index (χ4v) is 7.44. The predicted molar refractivity (Wildman–Crippen MR) is 226 cm³/mol. The van der Waals surface area contributed by atoms with Gasteiger partial charge in [-0.2, -0.15) is 0 Å². The molecule has 0 unspecified atom stereocenters. The van der Waals surface area contributed by atoms with Gasteiger partial charge >= 0.3 is 5.97 Å². The molecule has 8 bridgehead atoms. The Kier molecular flexibility index (Phi) is 8.76. The lowest BCUT2D eigenvalue weighted by molar-refractivity contribution is -0.114. The van der Waals surface area contributed by atoms with Crippen LogP contribution in [-0.4, -0.2) is 38.9 Å². The van der Waals surface area contributed by atoms with E-state index in [1.165, 1.54) is 14.0 Å². The minimum atomic E-state index is -0.395. The monoisotopic (exact) mass is 729 g/mol. The van der Waals surface area contributed by atoms with E-state index in [4.69, 9.17) is 14.7 Å². The first-order valence-electron chi connectivity index (χ1n) is 18.3. The average Bonchev–Trinajstić information content (AvgIpc) is 4.07. The van der Waals surface area contributed by atoms with Gasteiger partial charge in [0.15, 0.2) is 0 Å². The number of esters is 1. The van der Waals surface area contributed by atoms with Crippen molar-refractivity contribution in [2.45, 2.75) is 6.92 Å². The van der Waals surface area contributed by atoms with Crippen LogP contribution in [0.1, 0.15) is 40.1 Å². The molecular formula is C48H35N5O3. The number of carbonyl (C=O) groups is 2. The Morgan fingerprint density at radius 3 is 1.20 bits per heavy atom. The molecule has 0 saturated heterocycles. The zero-order valence-corrected chi connectivity index (χ0v) is 30.6. The molecule has 2 aliphatic rings. The third-order valence-electron chi connectivity index (χ3n) is 9.97. The predicted octanol–water partition coefficient (Wildman–Crippen LogP) is 11.1. The van der Waals surface area contributed by atoms with Crippen LogP contribution in [0.3, 0.4) is 0 Å². The van der Waals surface area contributed by atoms with Crippen molar-refractivity contribution < 1.29 is 14.3 Å². The van der Waals surface area contributed by atoms with Crippen LogP contribution in [-0.2, 0) is 9.53 Å². The van der Waals surface area contributed by atoms with Crippen molar-refractivity contribution in [2.24, 2.45) is 0 Å². The van der Waals surface area contributed by atoms with Crippen molar-refractivity contribution in [3.63, 3.8) is 0 Å². The van der Waals surface area contributed by atoms with Crippen molar-refractivity contribution >= 4 is 63.9 Å². The number of benzene rings is 4.